The molecule has 0 atom stereocenters. The van der Waals surface area contributed by atoms with Gasteiger partial charge in [0.25, 0.3) is 0 Å². The Balaban J connectivity index is 2.35. The van der Waals surface area contributed by atoms with Crippen LogP contribution in [0.15, 0.2) is 18.2 Å². The van der Waals surface area contributed by atoms with E-state index in [1.165, 1.54) is 17.4 Å². The van der Waals surface area contributed by atoms with Gasteiger partial charge in [-0.1, -0.05) is 32.1 Å². The van der Waals surface area contributed by atoms with Crippen molar-refractivity contribution in [1.82, 2.24) is 4.98 Å². The molecule has 1 N–H and O–H groups in total. The van der Waals surface area contributed by atoms with Crippen LogP contribution >= 0.6 is 11.3 Å². The van der Waals surface area contributed by atoms with Crippen molar-refractivity contribution < 1.29 is 13.2 Å². The summed E-state index contributed by atoms with van der Waals surface area (Å²) in [6, 6.07) is 3.71. The van der Waals surface area contributed by atoms with E-state index >= 15 is 0 Å². The topological polar surface area (TPSA) is 24.9 Å². The van der Waals surface area contributed by atoms with Gasteiger partial charge in [-0.25, -0.2) is 4.98 Å². The number of aromatic nitrogens is 1. The van der Waals surface area contributed by atoms with Crippen LogP contribution in [0.4, 0.5) is 18.3 Å². The summed E-state index contributed by atoms with van der Waals surface area (Å²) in [5.74, 6) is 0. The second-order valence-electron chi connectivity index (χ2n) is 5.17. The molecule has 0 amide bonds. The van der Waals surface area contributed by atoms with Gasteiger partial charge in [0.1, 0.15) is 0 Å². The van der Waals surface area contributed by atoms with E-state index in [1.54, 1.807) is 0 Å². The lowest BCUT2D eigenvalue weighted by molar-refractivity contribution is -0.137. The Kier molecular flexibility index (Phi) is 4.46. The van der Waals surface area contributed by atoms with Crippen LogP contribution in [0.1, 0.15) is 45.6 Å². The van der Waals surface area contributed by atoms with Crippen LogP contribution in [0.3, 0.4) is 0 Å². The van der Waals surface area contributed by atoms with Gasteiger partial charge in [0.05, 0.1) is 15.8 Å². The summed E-state index contributed by atoms with van der Waals surface area (Å²) in [7, 11) is 0. The zero-order valence-electron chi connectivity index (χ0n) is 12.3. The summed E-state index contributed by atoms with van der Waals surface area (Å²) >= 11 is 1.40. The number of nitrogens with one attached hydrogen (secondary N) is 1. The second kappa shape index (κ2) is 5.83. The Hall–Kier alpha value is -1.30. The molecule has 0 aliphatic rings. The molecule has 2 rings (SSSR count). The first-order valence-corrected chi connectivity index (χ1v) is 7.91. The molecule has 0 fully saturated rings. The van der Waals surface area contributed by atoms with Gasteiger partial charge in [0.15, 0.2) is 5.13 Å². The molecule has 0 radical (unpaired) electrons. The molecule has 116 valence electrons. The SMILES string of the molecule is CCC(CC)(CC)Nc1nc2cc(C(F)(F)F)ccc2s1. The molecule has 21 heavy (non-hydrogen) atoms. The van der Waals surface area contributed by atoms with Gasteiger partial charge in [-0.2, -0.15) is 13.2 Å². The highest BCUT2D eigenvalue weighted by molar-refractivity contribution is 7.22. The number of rotatable bonds is 5. The summed E-state index contributed by atoms with van der Waals surface area (Å²) in [6.07, 6.45) is -1.48. The summed E-state index contributed by atoms with van der Waals surface area (Å²) < 4.78 is 38.9. The van der Waals surface area contributed by atoms with Crippen molar-refractivity contribution in [3.8, 4) is 0 Å². The fourth-order valence-electron chi connectivity index (χ4n) is 2.40. The molecular formula is C15H19F3N2S. The molecule has 0 saturated heterocycles. The molecule has 0 aliphatic carbocycles. The lowest BCUT2D eigenvalue weighted by Crippen LogP contribution is -2.35. The minimum atomic E-state index is -4.33. The fraction of sp³-hybridized carbons (Fsp3) is 0.533. The molecule has 0 bridgehead atoms. The Morgan fingerprint density at radius 1 is 1.10 bits per heavy atom. The summed E-state index contributed by atoms with van der Waals surface area (Å²) in [5, 5.41) is 4.11. The molecule has 2 aromatic rings. The van der Waals surface area contributed by atoms with Crippen LogP contribution in [0.2, 0.25) is 0 Å². The highest BCUT2D eigenvalue weighted by Gasteiger charge is 2.31. The summed E-state index contributed by atoms with van der Waals surface area (Å²) in [4.78, 5) is 4.32. The van der Waals surface area contributed by atoms with Crippen molar-refractivity contribution in [2.24, 2.45) is 0 Å². The van der Waals surface area contributed by atoms with E-state index in [9.17, 15) is 13.2 Å². The molecule has 1 aromatic carbocycles. The third-order valence-electron chi connectivity index (χ3n) is 4.12. The number of benzene rings is 1. The van der Waals surface area contributed by atoms with Gasteiger partial charge >= 0.3 is 6.18 Å². The van der Waals surface area contributed by atoms with E-state index in [4.69, 9.17) is 0 Å². The first-order valence-electron chi connectivity index (χ1n) is 7.09. The molecular weight excluding hydrogens is 297 g/mol. The molecule has 2 nitrogen and oxygen atoms in total. The predicted molar refractivity (Wildman–Crippen MR) is 81.8 cm³/mol. The van der Waals surface area contributed by atoms with E-state index in [0.717, 1.165) is 36.1 Å². The van der Waals surface area contributed by atoms with Crippen LogP contribution in [0.5, 0.6) is 0 Å². The Bertz CT molecular complexity index is 607. The third-order valence-corrected chi connectivity index (χ3v) is 5.07. The molecule has 0 unspecified atom stereocenters. The van der Waals surface area contributed by atoms with Crippen LogP contribution in [-0.2, 0) is 6.18 Å². The largest absolute Gasteiger partial charge is 0.416 e. The average Bonchev–Trinajstić information content (AvgIpc) is 2.85. The number of halogens is 3. The fourth-order valence-corrected chi connectivity index (χ4v) is 3.36. The number of fused-ring (bicyclic) bond motifs is 1. The first kappa shape index (κ1) is 16.1. The average molecular weight is 316 g/mol. The van der Waals surface area contributed by atoms with E-state index in [-0.39, 0.29) is 5.54 Å². The highest BCUT2D eigenvalue weighted by Crippen LogP contribution is 2.35. The molecule has 0 aliphatic heterocycles. The van der Waals surface area contributed by atoms with Gasteiger partial charge in [-0.05, 0) is 37.5 Å². The second-order valence-corrected chi connectivity index (χ2v) is 6.20. The lowest BCUT2D eigenvalue weighted by atomic mass is 9.90. The molecule has 1 aromatic heterocycles. The van der Waals surface area contributed by atoms with Gasteiger partial charge in [0, 0.05) is 5.54 Å². The summed E-state index contributed by atoms with van der Waals surface area (Å²) in [6.45, 7) is 6.32. The molecule has 1 heterocycles. The third kappa shape index (κ3) is 3.31. The van der Waals surface area contributed by atoms with Gasteiger partial charge in [-0.15, -0.1) is 0 Å². The van der Waals surface area contributed by atoms with Crippen molar-refractivity contribution in [2.75, 3.05) is 5.32 Å². The zero-order valence-corrected chi connectivity index (χ0v) is 13.2. The normalized spacial score (nSPS) is 12.9. The van der Waals surface area contributed by atoms with Crippen molar-refractivity contribution in [2.45, 2.75) is 51.7 Å². The quantitative estimate of drug-likeness (QED) is 0.766. The number of nitrogens with zero attached hydrogens (tertiary/aromatic N) is 1. The Morgan fingerprint density at radius 2 is 1.71 bits per heavy atom. The van der Waals surface area contributed by atoms with E-state index < -0.39 is 11.7 Å². The van der Waals surface area contributed by atoms with Gasteiger partial charge in [-0.3, -0.25) is 0 Å². The van der Waals surface area contributed by atoms with Gasteiger partial charge < -0.3 is 5.32 Å². The van der Waals surface area contributed by atoms with E-state index in [1.807, 2.05) is 0 Å². The highest BCUT2D eigenvalue weighted by atomic mass is 32.1. The minimum absolute atomic E-state index is 0.0409. The standard InChI is InChI=1S/C15H19F3N2S/c1-4-14(5-2,6-3)20-13-19-11-9-10(15(16,17)18)7-8-12(11)21-13/h7-9H,4-6H2,1-3H3,(H,19,20). The van der Waals surface area contributed by atoms with Crippen LogP contribution in [0, 0.1) is 0 Å². The molecule has 0 spiro atoms. The van der Waals surface area contributed by atoms with Crippen LogP contribution < -0.4 is 5.32 Å². The lowest BCUT2D eigenvalue weighted by Gasteiger charge is -2.31. The number of anilines is 1. The predicted octanol–water partition coefficient (Wildman–Crippen LogP) is 5.70. The van der Waals surface area contributed by atoms with E-state index in [2.05, 4.69) is 31.1 Å². The van der Waals surface area contributed by atoms with Crippen molar-refractivity contribution in [3.63, 3.8) is 0 Å². The Labute approximate surface area is 126 Å². The maximum atomic E-state index is 12.7. The maximum absolute atomic E-state index is 12.7. The Morgan fingerprint density at radius 3 is 2.24 bits per heavy atom. The molecule has 6 heteroatoms. The zero-order chi connectivity index (χ0) is 15.7. The monoisotopic (exact) mass is 316 g/mol. The first-order chi connectivity index (χ1) is 9.83. The number of alkyl halides is 3. The number of hydrogen-bond donors (Lipinski definition) is 1. The minimum Gasteiger partial charge on any atom is -0.356 e. The molecule has 0 saturated carbocycles. The number of thiazole rings is 1. The van der Waals surface area contributed by atoms with Crippen molar-refractivity contribution in [3.05, 3.63) is 23.8 Å². The smallest absolute Gasteiger partial charge is 0.356 e. The number of hydrogen-bond acceptors (Lipinski definition) is 3. The van der Waals surface area contributed by atoms with E-state index in [0.29, 0.717) is 10.6 Å². The van der Waals surface area contributed by atoms with Crippen molar-refractivity contribution >= 4 is 26.7 Å². The van der Waals surface area contributed by atoms with Crippen LogP contribution in [-0.4, -0.2) is 10.5 Å². The van der Waals surface area contributed by atoms with Crippen LogP contribution in [0.25, 0.3) is 10.2 Å². The maximum Gasteiger partial charge on any atom is 0.416 e. The summed E-state index contributed by atoms with van der Waals surface area (Å²) in [5.41, 5.74) is -0.296. The van der Waals surface area contributed by atoms with Gasteiger partial charge in [0.2, 0.25) is 0 Å². The van der Waals surface area contributed by atoms with Crippen molar-refractivity contribution in [1.29, 1.82) is 0 Å².